The molecule has 0 aliphatic rings. The van der Waals surface area contributed by atoms with E-state index in [1.165, 1.54) is 167 Å². The quantitative estimate of drug-likeness (QED) is 0.0118. The number of ether oxygens (including phenoxy) is 3. The van der Waals surface area contributed by atoms with Crippen LogP contribution < -0.4 is 32.3 Å². The smallest absolute Gasteiger partial charge is 0.328 e. The maximum Gasteiger partial charge on any atom is 0.328 e. The lowest BCUT2D eigenvalue weighted by molar-refractivity contribution is -0.167. The van der Waals surface area contributed by atoms with Gasteiger partial charge in [0, 0.05) is 25.0 Å². The summed E-state index contributed by atoms with van der Waals surface area (Å²) in [6, 6.07) is -7.74. The molecule has 0 aliphatic carbocycles. The third kappa shape index (κ3) is 48.4. The number of nitrogens with two attached hydrogens (primary N) is 1. The molecule has 512 valence electrons. The fourth-order valence-corrected chi connectivity index (χ4v) is 10.5. The van der Waals surface area contributed by atoms with E-state index >= 15 is 0 Å². The average molecular weight is 1270 g/mol. The zero-order valence-electron chi connectivity index (χ0n) is 55.2. The Bertz CT molecular complexity index is 1850. The van der Waals surface area contributed by atoms with Gasteiger partial charge in [-0.05, 0) is 26.2 Å². The van der Waals surface area contributed by atoms with Gasteiger partial charge in [0.15, 0.2) is 6.10 Å². The number of rotatable bonds is 62. The van der Waals surface area contributed by atoms with Crippen LogP contribution >= 0.6 is 12.6 Å². The Hall–Kier alpha value is -4.50. The van der Waals surface area contributed by atoms with Crippen LogP contribution in [-0.4, -0.2) is 132 Å². The number of aliphatic hydroxyl groups excluding tert-OH is 2. The molecule has 0 radical (unpaired) electrons. The van der Waals surface area contributed by atoms with E-state index in [2.05, 4.69) is 60.0 Å². The predicted molar refractivity (Wildman–Crippen MR) is 350 cm³/mol. The number of hydrogen-bond acceptors (Lipinski definition) is 15. The first-order valence-corrected chi connectivity index (χ1v) is 35.3. The van der Waals surface area contributed by atoms with Gasteiger partial charge in [-0.15, -0.1) is 0 Å². The largest absolute Gasteiger partial charge is 0.462 e. The first-order valence-electron chi connectivity index (χ1n) is 34.7. The number of hydrogen-bond donors (Lipinski definition) is 9. The Morgan fingerprint density at radius 3 is 1.05 bits per heavy atom. The van der Waals surface area contributed by atoms with Gasteiger partial charge in [0.25, 0.3) is 0 Å². The van der Waals surface area contributed by atoms with Crippen molar-refractivity contribution in [3.63, 3.8) is 0 Å². The molecule has 9 N–H and O–H groups in total. The number of amides is 6. The summed E-state index contributed by atoms with van der Waals surface area (Å²) in [4.78, 5) is 117. The first-order chi connectivity index (χ1) is 42.6. The zero-order chi connectivity index (χ0) is 65.3. The molecule has 0 aliphatic heterocycles. The summed E-state index contributed by atoms with van der Waals surface area (Å²) in [6.07, 6.45) is 43.3. The summed E-state index contributed by atoms with van der Waals surface area (Å²) in [7, 11) is 0. The molecule has 0 fully saturated rings. The van der Waals surface area contributed by atoms with Gasteiger partial charge in [-0.2, -0.15) is 12.6 Å². The number of primary amides is 1. The van der Waals surface area contributed by atoms with Crippen molar-refractivity contribution in [3.05, 3.63) is 0 Å². The van der Waals surface area contributed by atoms with E-state index in [9.17, 15) is 53.4 Å². The van der Waals surface area contributed by atoms with Gasteiger partial charge in [0.05, 0.1) is 19.6 Å². The summed E-state index contributed by atoms with van der Waals surface area (Å²) in [5.74, 6) is -7.77. The molecule has 20 nitrogen and oxygen atoms in total. The van der Waals surface area contributed by atoms with Crippen LogP contribution in [0.4, 0.5) is 0 Å². The number of nitrogens with one attached hydrogen (secondary N) is 5. The second-order valence-electron chi connectivity index (χ2n) is 24.2. The van der Waals surface area contributed by atoms with Gasteiger partial charge in [0.2, 0.25) is 35.4 Å². The van der Waals surface area contributed by atoms with Crippen molar-refractivity contribution in [1.29, 1.82) is 0 Å². The highest BCUT2D eigenvalue weighted by atomic mass is 32.1. The third-order valence-electron chi connectivity index (χ3n) is 15.8. The minimum absolute atomic E-state index is 0.116. The van der Waals surface area contributed by atoms with E-state index < -0.39 is 110 Å². The van der Waals surface area contributed by atoms with E-state index in [1.54, 1.807) is 0 Å². The maximum absolute atomic E-state index is 13.5. The van der Waals surface area contributed by atoms with Crippen LogP contribution in [0.2, 0.25) is 0 Å². The van der Waals surface area contributed by atoms with Gasteiger partial charge >= 0.3 is 17.9 Å². The SMILES string of the molecule is CCCCCCCCCCCCCCCC(=O)N[C@@H](CS)C(=O)N[C@@H](CO)C(=O)N[C@@H](CO)C(=O)N[C@@H](CC(N)=O)C(=O)N[C@@H](C)C(=O)OCC(COC(=O)CCCCCCCCCCCCCCC)OC(=O)CCCCCCCCCCCCCCC. The molecule has 6 atom stereocenters. The van der Waals surface area contributed by atoms with E-state index in [4.69, 9.17) is 19.9 Å². The molecule has 0 heterocycles. The number of aliphatic hydroxyl groups is 2. The average Bonchev–Trinajstić information content (AvgIpc) is 3.10. The fourth-order valence-electron chi connectivity index (χ4n) is 10.2. The topological polar surface area (TPSA) is 308 Å². The zero-order valence-corrected chi connectivity index (χ0v) is 56.1. The van der Waals surface area contributed by atoms with E-state index in [0.29, 0.717) is 19.3 Å². The molecular formula is C67H124N6O14S. The van der Waals surface area contributed by atoms with Crippen molar-refractivity contribution >= 4 is 66.0 Å². The lowest BCUT2D eigenvalue weighted by Gasteiger charge is -2.25. The maximum atomic E-state index is 13.5. The van der Waals surface area contributed by atoms with E-state index in [0.717, 1.165) is 70.6 Å². The van der Waals surface area contributed by atoms with Crippen LogP contribution in [-0.2, 0) is 57.4 Å². The Morgan fingerprint density at radius 2 is 0.693 bits per heavy atom. The summed E-state index contributed by atoms with van der Waals surface area (Å²) < 4.78 is 16.6. The molecule has 0 rings (SSSR count). The van der Waals surface area contributed by atoms with Crippen LogP contribution in [0.5, 0.6) is 0 Å². The number of unbranched alkanes of at least 4 members (excludes halogenated alkanes) is 36. The lowest BCUT2D eigenvalue weighted by atomic mass is 10.0. The molecule has 0 bridgehead atoms. The van der Waals surface area contributed by atoms with E-state index in [1.807, 2.05) is 0 Å². The molecule has 21 heteroatoms. The molecular weight excluding hydrogens is 1140 g/mol. The van der Waals surface area contributed by atoms with E-state index in [-0.39, 0.29) is 37.5 Å². The number of esters is 3. The summed E-state index contributed by atoms with van der Waals surface area (Å²) in [5.41, 5.74) is 5.40. The highest BCUT2D eigenvalue weighted by Gasteiger charge is 2.33. The Morgan fingerprint density at radius 1 is 0.386 bits per heavy atom. The van der Waals surface area contributed by atoms with Gasteiger partial charge in [-0.1, -0.05) is 252 Å². The van der Waals surface area contributed by atoms with Crippen molar-refractivity contribution in [3.8, 4) is 0 Å². The molecule has 0 spiro atoms. The molecule has 0 aromatic rings. The highest BCUT2D eigenvalue weighted by molar-refractivity contribution is 7.80. The predicted octanol–water partition coefficient (Wildman–Crippen LogP) is 10.7. The Labute approximate surface area is 535 Å². The van der Waals surface area contributed by atoms with Gasteiger partial charge in [0.1, 0.15) is 43.4 Å². The Balaban J connectivity index is 5.36. The molecule has 0 saturated heterocycles. The second kappa shape index (κ2) is 58.8. The normalized spacial score (nSPS) is 13.3. The van der Waals surface area contributed by atoms with Gasteiger partial charge in [-0.25, -0.2) is 4.79 Å². The van der Waals surface area contributed by atoms with Crippen LogP contribution in [0, 0.1) is 0 Å². The number of carbonyl (C=O) groups is 9. The van der Waals surface area contributed by atoms with Crippen LogP contribution in [0.25, 0.3) is 0 Å². The van der Waals surface area contributed by atoms with Crippen molar-refractivity contribution in [1.82, 2.24) is 26.6 Å². The summed E-state index contributed by atoms with van der Waals surface area (Å²) in [5, 5.41) is 31.9. The van der Waals surface area contributed by atoms with Crippen molar-refractivity contribution < 1.29 is 67.6 Å². The monoisotopic (exact) mass is 1270 g/mol. The third-order valence-corrected chi connectivity index (χ3v) is 16.2. The van der Waals surface area contributed by atoms with Crippen LogP contribution in [0.1, 0.15) is 304 Å². The lowest BCUT2D eigenvalue weighted by Crippen LogP contribution is -2.60. The minimum atomic E-state index is -1.78. The summed E-state index contributed by atoms with van der Waals surface area (Å²) >= 11 is 4.18. The Kier molecular flexibility index (Phi) is 55.8. The highest BCUT2D eigenvalue weighted by Crippen LogP contribution is 2.17. The molecule has 88 heavy (non-hydrogen) atoms. The van der Waals surface area contributed by atoms with Crippen LogP contribution in [0.3, 0.4) is 0 Å². The molecule has 6 amide bonds. The second-order valence-corrected chi connectivity index (χ2v) is 24.5. The first kappa shape index (κ1) is 83.5. The molecule has 0 saturated carbocycles. The standard InChI is InChI=1S/C67H124N6O14S/c1-5-8-11-14-17-20-23-26-29-32-35-38-41-44-60(77)70-58(52-88)66(83)73-57(49-75)65(82)72-56(48-74)64(81)71-55(47-59(68)76)63(80)69-53(4)67(84)86-51-54(87-62(79)46-43-40-37-34-31-28-25-22-19-16-13-10-7-3)50-85-61(78)45-42-39-36-33-30-27-24-21-18-15-12-9-6-2/h53-58,74-75,88H,5-52H2,1-4H3,(H2,68,76)(H,69,80)(H,70,77)(H,71,81)(H,72,82)(H,73,83)/t53-,54?,55-,56-,57-,58-/m0/s1. The summed E-state index contributed by atoms with van der Waals surface area (Å²) in [6.45, 7) is 5.05. The van der Waals surface area contributed by atoms with Gasteiger partial charge < -0.3 is 56.7 Å². The molecule has 0 aromatic heterocycles. The van der Waals surface area contributed by atoms with Crippen LogP contribution in [0.15, 0.2) is 0 Å². The molecule has 1 unspecified atom stereocenters. The minimum Gasteiger partial charge on any atom is -0.462 e. The van der Waals surface area contributed by atoms with Crippen molar-refractivity contribution in [2.24, 2.45) is 5.73 Å². The number of thiol groups is 1. The molecule has 0 aromatic carbocycles. The fraction of sp³-hybridized carbons (Fsp3) is 0.866. The number of carbonyl (C=O) groups excluding carboxylic acids is 9. The van der Waals surface area contributed by atoms with Gasteiger partial charge in [-0.3, -0.25) is 38.4 Å². The van der Waals surface area contributed by atoms with Crippen molar-refractivity contribution in [2.75, 3.05) is 32.2 Å². The van der Waals surface area contributed by atoms with Crippen molar-refractivity contribution in [2.45, 2.75) is 340 Å².